The lowest BCUT2D eigenvalue weighted by Gasteiger charge is -2.32. The summed E-state index contributed by atoms with van der Waals surface area (Å²) in [6.45, 7) is 0. The van der Waals surface area contributed by atoms with E-state index in [0.29, 0.717) is 0 Å². The first-order chi connectivity index (χ1) is 18.7. The summed E-state index contributed by atoms with van der Waals surface area (Å²) in [5.74, 6) is 30.7. The lowest BCUT2D eigenvalue weighted by Crippen LogP contribution is -2.28. The Bertz CT molecular complexity index is 1500. The molecule has 0 aromatic rings. The molecule has 9 atom stereocenters. The van der Waals surface area contributed by atoms with E-state index in [9.17, 15) is 0 Å². The molecule has 0 aromatic carbocycles. The van der Waals surface area contributed by atoms with Gasteiger partial charge in [0.2, 0.25) is 0 Å². The topological polar surface area (TPSA) is 22.2 Å². The zero-order valence-corrected chi connectivity index (χ0v) is 30.9. The highest BCUT2D eigenvalue weighted by Gasteiger charge is 2.44. The van der Waals surface area contributed by atoms with E-state index in [0.717, 1.165) is 6.16 Å². The van der Waals surface area contributed by atoms with Crippen LogP contribution in [-0.4, -0.2) is 102 Å². The molecule has 3 aliphatic heterocycles. The summed E-state index contributed by atoms with van der Waals surface area (Å²) < 4.78 is 12.5. The Morgan fingerprint density at radius 2 is 1.30 bits per heavy atom. The van der Waals surface area contributed by atoms with Gasteiger partial charge in [0.25, 0.3) is 0 Å². The fourth-order valence-electron chi connectivity index (χ4n) is 3.80. The maximum absolute atomic E-state index is 6.07. The van der Waals surface area contributed by atoms with Gasteiger partial charge in [-0.2, -0.15) is 0 Å². The molecular formula is C26H31N4OP3S6. The normalized spacial score (nSPS) is 38.7. The van der Waals surface area contributed by atoms with Crippen LogP contribution in [0.2, 0.25) is 0 Å². The van der Waals surface area contributed by atoms with Crippen molar-refractivity contribution in [2.45, 2.75) is 27.9 Å². The third kappa shape index (κ3) is 7.62. The molecule has 3 rings (SSSR count). The van der Waals surface area contributed by atoms with Crippen molar-refractivity contribution >= 4 is 86.1 Å². The lowest BCUT2D eigenvalue weighted by atomic mass is 10.0. The highest BCUT2D eigenvalue weighted by Crippen LogP contribution is 2.79. The monoisotopic (exact) mass is 700 g/mol. The van der Waals surface area contributed by atoms with Gasteiger partial charge in [-0.25, -0.2) is 0 Å². The lowest BCUT2D eigenvalue weighted by molar-refractivity contribution is 0.297. The molecule has 212 valence electrons. The third-order valence-corrected chi connectivity index (χ3v) is 30.8. The molecule has 3 fully saturated rings. The molecule has 3 saturated heterocycles. The van der Waals surface area contributed by atoms with E-state index in [1.54, 1.807) is 22.8 Å². The zero-order chi connectivity index (χ0) is 29.9. The van der Waals surface area contributed by atoms with Crippen molar-refractivity contribution in [1.29, 1.82) is 0 Å². The van der Waals surface area contributed by atoms with Crippen molar-refractivity contribution in [3.05, 3.63) is 0 Å². The van der Waals surface area contributed by atoms with Crippen LogP contribution in [0, 0.1) is 78.0 Å². The minimum atomic E-state index is -2.21. The van der Waals surface area contributed by atoms with Gasteiger partial charge >= 0.3 is 0 Å². The van der Waals surface area contributed by atoms with Crippen molar-refractivity contribution in [3.63, 3.8) is 0 Å². The average Bonchev–Trinajstić information content (AvgIpc) is 3.50. The second-order valence-corrected chi connectivity index (χ2v) is 32.6. The predicted octanol–water partition coefficient (Wildman–Crippen LogP) is 4.36. The van der Waals surface area contributed by atoms with Gasteiger partial charge in [0.05, 0.1) is 28.8 Å². The van der Waals surface area contributed by atoms with Crippen molar-refractivity contribution in [3.8, 4) is 72.1 Å². The van der Waals surface area contributed by atoms with Gasteiger partial charge in [-0.3, -0.25) is 18.7 Å². The molecule has 0 aromatic heterocycles. The maximum Gasteiger partial charge on any atom is 0.190 e. The Morgan fingerprint density at radius 3 is 1.77 bits per heavy atom. The number of hydrogen-bond acceptors (Lipinski definition) is 7. The van der Waals surface area contributed by atoms with Crippen molar-refractivity contribution in [2.75, 3.05) is 55.5 Å². The van der Waals surface area contributed by atoms with Crippen LogP contribution in [0.5, 0.6) is 0 Å². The molecule has 0 spiro atoms. The third-order valence-electron chi connectivity index (χ3n) is 6.22. The van der Waals surface area contributed by atoms with Gasteiger partial charge in [0.15, 0.2) is 5.62 Å². The van der Waals surface area contributed by atoms with Gasteiger partial charge in [-0.1, -0.05) is 87.4 Å². The number of nitrogens with zero attached hydrogens (tertiary/aromatic N) is 4. The quantitative estimate of drug-likeness (QED) is 0.310. The molecular weight excluding hydrogens is 670 g/mol. The summed E-state index contributed by atoms with van der Waals surface area (Å²) in [6, 6.07) is -0.108. The molecule has 14 heteroatoms. The number of hydrogen-bond donors (Lipinski definition) is 0. The molecule has 0 bridgehead atoms. The van der Waals surface area contributed by atoms with Crippen LogP contribution < -0.4 is 0 Å². The molecule has 0 aliphatic carbocycles. The Balaban J connectivity index is 1.80. The molecule has 0 amide bonds. The van der Waals surface area contributed by atoms with Crippen LogP contribution in [0.3, 0.4) is 0 Å². The molecule has 3 aliphatic rings. The summed E-state index contributed by atoms with van der Waals surface area (Å²) in [5.41, 5.74) is -2.21. The van der Waals surface area contributed by atoms with Crippen LogP contribution in [0.4, 0.5) is 0 Å². The molecule has 3 heterocycles. The highest BCUT2D eigenvalue weighted by molar-refractivity contribution is 9.01. The molecule has 0 saturated carbocycles. The highest BCUT2D eigenvalue weighted by atomic mass is 33.2. The van der Waals surface area contributed by atoms with E-state index < -0.39 is 22.7 Å². The Kier molecular flexibility index (Phi) is 12.4. The second-order valence-electron chi connectivity index (χ2n) is 9.47. The van der Waals surface area contributed by atoms with Gasteiger partial charge in [-0.05, 0) is 84.8 Å². The van der Waals surface area contributed by atoms with Crippen molar-refractivity contribution in [1.82, 2.24) is 18.7 Å². The molecule has 0 radical (unpaired) electrons. The molecule has 40 heavy (non-hydrogen) atoms. The van der Waals surface area contributed by atoms with E-state index in [1.165, 1.54) is 11.4 Å². The number of terminal acetylenes is 2. The first-order valence-corrected chi connectivity index (χ1v) is 24.7. The van der Waals surface area contributed by atoms with Crippen LogP contribution >= 0.6 is 50.7 Å². The van der Waals surface area contributed by atoms with Crippen molar-refractivity contribution in [2.24, 2.45) is 5.92 Å². The molecule has 0 N–H and O–H groups in total. The van der Waals surface area contributed by atoms with E-state index in [1.807, 2.05) is 54.0 Å². The van der Waals surface area contributed by atoms with E-state index in [2.05, 4.69) is 73.2 Å². The molecule has 9 unspecified atom stereocenters. The predicted molar refractivity (Wildman–Crippen MR) is 192 cm³/mol. The van der Waals surface area contributed by atoms with Crippen LogP contribution in [0.25, 0.3) is 0 Å². The van der Waals surface area contributed by atoms with E-state index >= 15 is 0 Å². The molecule has 5 nitrogen and oxygen atoms in total. The second kappa shape index (κ2) is 14.3. The minimum absolute atomic E-state index is 0.0110. The smallest absolute Gasteiger partial charge is 0.190 e. The number of rotatable bonds is 3. The first kappa shape index (κ1) is 34.6. The van der Waals surface area contributed by atoms with Crippen LogP contribution in [0.15, 0.2) is 0 Å². The minimum Gasteiger partial charge on any atom is -0.312 e. The fraction of sp³-hybridized carbons (Fsp3) is 0.538. The SMILES string of the molecule is C#CC1CP(=S)(N(C)C)N(C)C1C#CC#CC1SP(=S)(N(C)C)SC1C#CC#CC1OP(=S)(N(C)C)SC1C#C. The summed E-state index contributed by atoms with van der Waals surface area (Å²) in [7, 11) is 13.9. The van der Waals surface area contributed by atoms with Crippen LogP contribution in [0.1, 0.15) is 0 Å². The van der Waals surface area contributed by atoms with Crippen molar-refractivity contribution < 1.29 is 4.52 Å². The van der Waals surface area contributed by atoms with E-state index in [-0.39, 0.29) is 27.7 Å². The summed E-state index contributed by atoms with van der Waals surface area (Å²) in [5, 5.41) is -0.394. The Hall–Kier alpha value is 0.160. The van der Waals surface area contributed by atoms with Gasteiger partial charge in [-0.15, -0.1) is 18.8 Å². The summed E-state index contributed by atoms with van der Waals surface area (Å²) in [6.07, 6.45) is 10.00. The standard InChI is InChI=1S/C26H31N4OP3S6/c1-10-21-20-32(35,27(3)4)30(9)22(21)16-12-14-18-25-26(40-34(37,39-25)29(7)8)19-15-13-17-23-24(11-2)38-33(36,31-23)28(5)6/h1-2,21-26H,20H2,3-9H3. The Morgan fingerprint density at radius 1 is 0.750 bits per heavy atom. The largest absolute Gasteiger partial charge is 0.312 e. The fourth-order valence-corrected chi connectivity index (χ4v) is 22.4. The van der Waals surface area contributed by atoms with Crippen LogP contribution in [-0.2, 0) is 39.9 Å². The van der Waals surface area contributed by atoms with Gasteiger partial charge in [0.1, 0.15) is 15.9 Å². The summed E-state index contributed by atoms with van der Waals surface area (Å²) in [4.78, 5) is 0. The van der Waals surface area contributed by atoms with E-state index in [4.69, 9.17) is 52.8 Å². The average molecular weight is 701 g/mol. The summed E-state index contributed by atoms with van der Waals surface area (Å²) >= 11 is 22.6. The van der Waals surface area contributed by atoms with Gasteiger partial charge < -0.3 is 4.52 Å². The first-order valence-electron chi connectivity index (χ1n) is 11.9. The Labute approximate surface area is 268 Å². The maximum atomic E-state index is 6.07. The van der Waals surface area contributed by atoms with Gasteiger partial charge in [0, 0.05) is 6.16 Å². The zero-order valence-electron chi connectivity index (χ0n) is 23.3.